The third-order valence-corrected chi connectivity index (χ3v) is 7.90. The van der Waals surface area contributed by atoms with Crippen LogP contribution in [-0.4, -0.2) is 43.7 Å². The Bertz CT molecular complexity index is 1440. The molecule has 0 N–H and O–H groups in total. The number of fused-ring (bicyclic) bond motifs is 5. The average Bonchev–Trinajstić information content (AvgIpc) is 3.35. The van der Waals surface area contributed by atoms with Gasteiger partial charge in [-0.1, -0.05) is 60.7 Å². The molecule has 36 heavy (non-hydrogen) atoms. The molecule has 2 heterocycles. The molecule has 0 aromatic heterocycles. The van der Waals surface area contributed by atoms with Crippen LogP contribution in [-0.2, 0) is 4.79 Å². The molecule has 1 spiro atoms. The number of nitrogens with zero attached hydrogens (tertiary/aromatic N) is 1. The van der Waals surface area contributed by atoms with Gasteiger partial charge in [-0.2, -0.15) is 0 Å². The zero-order valence-electron chi connectivity index (χ0n) is 20.2. The van der Waals surface area contributed by atoms with Crippen LogP contribution < -0.4 is 14.4 Å². The normalized spacial score (nSPS) is 22.9. The maximum Gasteiger partial charge on any atom is 0.180 e. The molecule has 2 aliphatic heterocycles. The van der Waals surface area contributed by atoms with E-state index in [0.717, 1.165) is 11.3 Å². The van der Waals surface area contributed by atoms with Gasteiger partial charge in [0.1, 0.15) is 5.41 Å². The summed E-state index contributed by atoms with van der Waals surface area (Å²) in [5.74, 6) is -0.329. The molecule has 0 saturated carbocycles. The number of para-hydroxylation sites is 1. The van der Waals surface area contributed by atoms with Crippen molar-refractivity contribution in [2.75, 3.05) is 19.1 Å². The lowest BCUT2D eigenvalue weighted by atomic mass is 9.64. The predicted octanol–water partition coefficient (Wildman–Crippen LogP) is 4.73. The van der Waals surface area contributed by atoms with Gasteiger partial charge in [-0.3, -0.25) is 14.4 Å². The Balaban J connectivity index is 1.68. The van der Waals surface area contributed by atoms with Crippen molar-refractivity contribution in [3.63, 3.8) is 0 Å². The van der Waals surface area contributed by atoms with Crippen LogP contribution >= 0.6 is 0 Å². The maximum absolute atomic E-state index is 14.4. The molecule has 3 aromatic carbocycles. The number of benzene rings is 3. The van der Waals surface area contributed by atoms with Gasteiger partial charge < -0.3 is 14.4 Å². The Morgan fingerprint density at radius 1 is 0.861 bits per heavy atom. The van der Waals surface area contributed by atoms with E-state index in [1.807, 2.05) is 47.4 Å². The second-order valence-corrected chi connectivity index (χ2v) is 9.49. The molecule has 0 unspecified atom stereocenters. The summed E-state index contributed by atoms with van der Waals surface area (Å²) in [5.41, 5.74) is 1.78. The largest absolute Gasteiger partial charge is 0.493 e. The zero-order valence-corrected chi connectivity index (χ0v) is 20.2. The molecule has 0 amide bonds. The van der Waals surface area contributed by atoms with Gasteiger partial charge in [-0.25, -0.2) is 0 Å². The van der Waals surface area contributed by atoms with Crippen LogP contribution in [0.1, 0.15) is 44.7 Å². The Morgan fingerprint density at radius 3 is 2.14 bits per heavy atom. The molecular weight excluding hydrogens is 454 g/mol. The first kappa shape index (κ1) is 22.3. The first-order valence-corrected chi connectivity index (χ1v) is 11.9. The van der Waals surface area contributed by atoms with Crippen LogP contribution in [0.3, 0.4) is 0 Å². The summed E-state index contributed by atoms with van der Waals surface area (Å²) in [5, 5.41) is 0. The summed E-state index contributed by atoms with van der Waals surface area (Å²) in [6.45, 7) is 1.53. The molecule has 1 fully saturated rings. The van der Waals surface area contributed by atoms with Gasteiger partial charge in [0.15, 0.2) is 28.8 Å². The minimum Gasteiger partial charge on any atom is -0.493 e. The number of ketones is 3. The SMILES string of the molecule is COc1ccc([C@H]2[C@H](C(C)=O)N3c4ccccc4C=C[C@H]3C23C(=O)c2ccccc2C3=O)cc1OC. The lowest BCUT2D eigenvalue weighted by Crippen LogP contribution is -2.48. The van der Waals surface area contributed by atoms with Crippen LogP contribution in [0.4, 0.5) is 5.69 Å². The number of Topliss-reactive ketones (excluding diaryl/α,β-unsaturated/α-hetero) is 3. The van der Waals surface area contributed by atoms with Crippen molar-refractivity contribution in [1.82, 2.24) is 0 Å². The summed E-state index contributed by atoms with van der Waals surface area (Å²) < 4.78 is 11.0. The highest BCUT2D eigenvalue weighted by atomic mass is 16.5. The van der Waals surface area contributed by atoms with Crippen molar-refractivity contribution in [3.8, 4) is 11.5 Å². The van der Waals surface area contributed by atoms with E-state index in [4.69, 9.17) is 9.47 Å². The second kappa shape index (κ2) is 7.92. The minimum atomic E-state index is -1.50. The quantitative estimate of drug-likeness (QED) is 0.504. The van der Waals surface area contributed by atoms with Gasteiger partial charge in [0.2, 0.25) is 0 Å². The van der Waals surface area contributed by atoms with Crippen LogP contribution in [0.2, 0.25) is 0 Å². The van der Waals surface area contributed by atoms with E-state index in [-0.39, 0.29) is 17.3 Å². The van der Waals surface area contributed by atoms with Gasteiger partial charge in [-0.05, 0) is 36.2 Å². The lowest BCUT2D eigenvalue weighted by Gasteiger charge is -2.37. The van der Waals surface area contributed by atoms with E-state index in [0.29, 0.717) is 28.2 Å². The molecule has 0 radical (unpaired) electrons. The van der Waals surface area contributed by atoms with Crippen LogP contribution in [0.15, 0.2) is 72.8 Å². The Kier molecular flexibility index (Phi) is 4.90. The van der Waals surface area contributed by atoms with E-state index >= 15 is 0 Å². The van der Waals surface area contributed by atoms with Gasteiger partial charge in [-0.15, -0.1) is 0 Å². The summed E-state index contributed by atoms with van der Waals surface area (Å²) >= 11 is 0. The summed E-state index contributed by atoms with van der Waals surface area (Å²) in [6.07, 6.45) is 3.87. The first-order valence-electron chi connectivity index (χ1n) is 11.9. The average molecular weight is 480 g/mol. The van der Waals surface area contributed by atoms with Crippen LogP contribution in [0, 0.1) is 5.41 Å². The van der Waals surface area contributed by atoms with E-state index in [9.17, 15) is 14.4 Å². The summed E-state index contributed by atoms with van der Waals surface area (Å²) in [6, 6.07) is 18.8. The predicted molar refractivity (Wildman–Crippen MR) is 136 cm³/mol. The molecule has 1 aliphatic carbocycles. The van der Waals surface area contributed by atoms with Crippen molar-refractivity contribution in [3.05, 3.63) is 95.1 Å². The third kappa shape index (κ3) is 2.70. The minimum absolute atomic E-state index is 0.113. The Labute approximate surface area is 209 Å². The highest BCUT2D eigenvalue weighted by Crippen LogP contribution is 2.61. The van der Waals surface area contributed by atoms with Crippen LogP contribution in [0.5, 0.6) is 11.5 Å². The van der Waals surface area contributed by atoms with E-state index < -0.39 is 23.4 Å². The number of methoxy groups -OCH3 is 2. The number of ether oxygens (including phenoxy) is 2. The monoisotopic (exact) mass is 479 g/mol. The fourth-order valence-corrected chi connectivity index (χ4v) is 6.49. The van der Waals surface area contributed by atoms with E-state index in [1.54, 1.807) is 50.6 Å². The molecule has 3 aliphatic rings. The molecule has 0 bridgehead atoms. The number of carbonyl (C=O) groups is 3. The van der Waals surface area contributed by atoms with Crippen molar-refractivity contribution >= 4 is 29.1 Å². The zero-order chi connectivity index (χ0) is 25.2. The molecule has 180 valence electrons. The third-order valence-electron chi connectivity index (χ3n) is 7.90. The molecule has 3 atom stereocenters. The van der Waals surface area contributed by atoms with Crippen molar-refractivity contribution in [1.29, 1.82) is 0 Å². The fourth-order valence-electron chi connectivity index (χ4n) is 6.49. The van der Waals surface area contributed by atoms with Gasteiger partial charge in [0.05, 0.1) is 26.3 Å². The van der Waals surface area contributed by atoms with Crippen molar-refractivity contribution < 1.29 is 23.9 Å². The first-order chi connectivity index (χ1) is 17.4. The van der Waals surface area contributed by atoms with Crippen molar-refractivity contribution in [2.24, 2.45) is 5.41 Å². The molecule has 3 aromatic rings. The number of rotatable bonds is 4. The van der Waals surface area contributed by atoms with E-state index in [2.05, 4.69) is 0 Å². The van der Waals surface area contributed by atoms with Gasteiger partial charge in [0, 0.05) is 22.7 Å². The summed E-state index contributed by atoms with van der Waals surface area (Å²) in [7, 11) is 3.09. The molecule has 6 heteroatoms. The molecule has 6 rings (SSSR count). The Hall–Kier alpha value is -4.19. The number of anilines is 1. The molecular formula is C30H25NO5. The molecule has 6 nitrogen and oxygen atoms in total. The summed E-state index contributed by atoms with van der Waals surface area (Å²) in [4.78, 5) is 44.2. The van der Waals surface area contributed by atoms with E-state index in [1.165, 1.54) is 6.92 Å². The maximum atomic E-state index is 14.4. The number of hydrogen-bond acceptors (Lipinski definition) is 6. The standard InChI is InChI=1S/C30H25NO5/c1-17(32)27-26(19-12-14-23(35-2)24(16-19)36-3)30(28(33)20-9-5-6-10-21(20)29(30)34)25-15-13-18-8-4-7-11-22(18)31(25)27/h4-16,25-27H,1-3H3/t25-,26-,27-/m0/s1. The molecule has 1 saturated heterocycles. The second-order valence-electron chi connectivity index (χ2n) is 9.49. The van der Waals surface area contributed by atoms with Gasteiger partial charge >= 0.3 is 0 Å². The topological polar surface area (TPSA) is 72.9 Å². The highest BCUT2D eigenvalue weighted by Gasteiger charge is 2.71. The Morgan fingerprint density at radius 2 is 1.50 bits per heavy atom. The highest BCUT2D eigenvalue weighted by molar-refractivity contribution is 6.32. The fraction of sp³-hybridized carbons (Fsp3) is 0.233. The van der Waals surface area contributed by atoms with Crippen LogP contribution in [0.25, 0.3) is 6.08 Å². The lowest BCUT2D eigenvalue weighted by molar-refractivity contribution is -0.118. The van der Waals surface area contributed by atoms with Crippen molar-refractivity contribution in [2.45, 2.75) is 24.9 Å². The van der Waals surface area contributed by atoms with Gasteiger partial charge in [0.25, 0.3) is 0 Å². The number of hydrogen-bond donors (Lipinski definition) is 0. The smallest absolute Gasteiger partial charge is 0.180 e. The number of carbonyl (C=O) groups excluding carboxylic acids is 3.